The van der Waals surface area contributed by atoms with Crippen molar-refractivity contribution in [3.05, 3.63) is 47.7 Å². The smallest absolute Gasteiger partial charge is 0.255 e. The number of fused-ring (bicyclic) bond motifs is 1. The molecule has 0 saturated carbocycles. The first-order chi connectivity index (χ1) is 12.8. The summed E-state index contributed by atoms with van der Waals surface area (Å²) in [6.45, 7) is 2.82. The fraction of sp³-hybridized carbons (Fsp3) is 0.350. The van der Waals surface area contributed by atoms with Gasteiger partial charge in [-0.15, -0.1) is 0 Å². The van der Waals surface area contributed by atoms with Crippen LogP contribution in [0.2, 0.25) is 0 Å². The average molecular weight is 348 g/mol. The Morgan fingerprint density at radius 1 is 1.12 bits per heavy atom. The molecule has 1 saturated heterocycles. The Bertz CT molecular complexity index is 851. The van der Waals surface area contributed by atoms with Gasteiger partial charge in [0.1, 0.15) is 6.61 Å². The van der Waals surface area contributed by atoms with Crippen LogP contribution >= 0.6 is 0 Å². The van der Waals surface area contributed by atoms with E-state index in [2.05, 4.69) is 16.0 Å². The second-order valence-electron chi connectivity index (χ2n) is 6.56. The zero-order chi connectivity index (χ0) is 17.9. The van der Waals surface area contributed by atoms with E-state index >= 15 is 0 Å². The van der Waals surface area contributed by atoms with Crippen molar-refractivity contribution >= 4 is 17.4 Å². The summed E-state index contributed by atoms with van der Waals surface area (Å²) < 4.78 is 5.77. The third-order valence-corrected chi connectivity index (χ3v) is 4.86. The van der Waals surface area contributed by atoms with Gasteiger partial charge in [-0.2, -0.15) is 5.26 Å². The summed E-state index contributed by atoms with van der Waals surface area (Å²) in [5.74, 6) is 1.36. The third-order valence-electron chi connectivity index (χ3n) is 4.86. The topological polar surface area (TPSA) is 69.5 Å². The average Bonchev–Trinajstić information content (AvgIpc) is 2.73. The molecular formula is C20H20N4O2. The number of benzene rings is 1. The Labute approximate surface area is 152 Å². The van der Waals surface area contributed by atoms with Crippen LogP contribution in [0.1, 0.15) is 35.2 Å². The molecule has 0 atom stereocenters. The molecule has 2 aliphatic heterocycles. The predicted octanol–water partition coefficient (Wildman–Crippen LogP) is 3.11. The molecule has 26 heavy (non-hydrogen) atoms. The number of likely N-dealkylation sites (tertiary alicyclic amines) is 1. The van der Waals surface area contributed by atoms with Crippen LogP contribution in [-0.4, -0.2) is 42.0 Å². The first kappa shape index (κ1) is 16.4. The summed E-state index contributed by atoms with van der Waals surface area (Å²) in [5, 5.41) is 8.95. The Balaban J connectivity index is 1.61. The van der Waals surface area contributed by atoms with E-state index in [9.17, 15) is 4.79 Å². The van der Waals surface area contributed by atoms with Crippen molar-refractivity contribution in [3.8, 4) is 11.8 Å². The molecule has 0 aliphatic carbocycles. The Morgan fingerprint density at radius 3 is 2.62 bits per heavy atom. The minimum absolute atomic E-state index is 0.0269. The van der Waals surface area contributed by atoms with Crippen molar-refractivity contribution in [2.45, 2.75) is 19.3 Å². The number of nitrogens with zero attached hydrogens (tertiary/aromatic N) is 4. The van der Waals surface area contributed by atoms with Crippen LogP contribution in [0, 0.1) is 11.3 Å². The number of anilines is 2. The lowest BCUT2D eigenvalue weighted by atomic mass is 10.1. The molecule has 0 radical (unpaired) electrons. The summed E-state index contributed by atoms with van der Waals surface area (Å²) in [5.41, 5.74) is 2.15. The SMILES string of the molecule is N#Cc1ccc(N2CCOc3cc(C(=O)N4CCCCC4)cnc32)cc1. The van der Waals surface area contributed by atoms with Gasteiger partial charge >= 0.3 is 0 Å². The summed E-state index contributed by atoms with van der Waals surface area (Å²) in [4.78, 5) is 21.2. The van der Waals surface area contributed by atoms with Crippen LogP contribution < -0.4 is 9.64 Å². The predicted molar refractivity (Wildman–Crippen MR) is 97.6 cm³/mol. The first-order valence-corrected chi connectivity index (χ1v) is 8.96. The maximum absolute atomic E-state index is 12.7. The molecule has 1 amide bonds. The van der Waals surface area contributed by atoms with E-state index in [4.69, 9.17) is 10.00 Å². The number of piperidine rings is 1. The van der Waals surface area contributed by atoms with Gasteiger partial charge in [-0.05, 0) is 49.6 Å². The number of aromatic nitrogens is 1. The van der Waals surface area contributed by atoms with E-state index in [-0.39, 0.29) is 5.91 Å². The van der Waals surface area contributed by atoms with Crippen molar-refractivity contribution in [1.29, 1.82) is 5.26 Å². The number of hydrogen-bond donors (Lipinski definition) is 0. The van der Waals surface area contributed by atoms with Crippen molar-refractivity contribution < 1.29 is 9.53 Å². The lowest BCUT2D eigenvalue weighted by molar-refractivity contribution is 0.0723. The largest absolute Gasteiger partial charge is 0.488 e. The van der Waals surface area contributed by atoms with Crippen LogP contribution in [0.25, 0.3) is 0 Å². The minimum Gasteiger partial charge on any atom is -0.488 e. The Kier molecular flexibility index (Phi) is 4.44. The number of amides is 1. The fourth-order valence-corrected chi connectivity index (χ4v) is 3.46. The van der Waals surface area contributed by atoms with E-state index in [0.717, 1.165) is 31.6 Å². The Morgan fingerprint density at radius 2 is 1.88 bits per heavy atom. The molecule has 0 unspecified atom stereocenters. The summed E-state index contributed by atoms with van der Waals surface area (Å²) in [6.07, 6.45) is 4.95. The number of carbonyl (C=O) groups excluding carboxylic acids is 1. The molecule has 6 heteroatoms. The molecule has 0 spiro atoms. The quantitative estimate of drug-likeness (QED) is 0.834. The zero-order valence-electron chi connectivity index (χ0n) is 14.5. The van der Waals surface area contributed by atoms with Gasteiger partial charge in [0, 0.05) is 25.0 Å². The number of rotatable bonds is 2. The molecule has 1 aromatic carbocycles. The van der Waals surface area contributed by atoms with E-state index < -0.39 is 0 Å². The standard InChI is InChI=1S/C20H20N4O2/c21-13-15-4-6-17(7-5-15)24-10-11-26-18-12-16(14-22-19(18)24)20(25)23-8-2-1-3-9-23/h4-7,12,14H,1-3,8-11H2. The molecule has 3 heterocycles. The molecule has 2 aromatic rings. The highest BCUT2D eigenvalue weighted by molar-refractivity contribution is 5.95. The summed E-state index contributed by atoms with van der Waals surface area (Å²) >= 11 is 0. The number of carbonyl (C=O) groups is 1. The van der Waals surface area contributed by atoms with Crippen LogP contribution in [0.5, 0.6) is 5.75 Å². The molecule has 4 rings (SSSR count). The van der Waals surface area contributed by atoms with Gasteiger partial charge in [-0.3, -0.25) is 4.79 Å². The van der Waals surface area contributed by atoms with E-state index in [0.29, 0.717) is 35.8 Å². The molecule has 0 N–H and O–H groups in total. The number of hydrogen-bond acceptors (Lipinski definition) is 5. The van der Waals surface area contributed by atoms with Crippen LogP contribution in [0.3, 0.4) is 0 Å². The third kappa shape index (κ3) is 3.08. The van der Waals surface area contributed by atoms with Crippen molar-refractivity contribution in [2.75, 3.05) is 31.1 Å². The van der Waals surface area contributed by atoms with Gasteiger partial charge in [0.2, 0.25) is 0 Å². The molecule has 6 nitrogen and oxygen atoms in total. The summed E-state index contributed by atoms with van der Waals surface area (Å²) in [7, 11) is 0. The molecule has 0 bridgehead atoms. The second-order valence-corrected chi connectivity index (χ2v) is 6.56. The van der Waals surface area contributed by atoms with Gasteiger partial charge in [-0.1, -0.05) is 0 Å². The highest BCUT2D eigenvalue weighted by Crippen LogP contribution is 2.35. The van der Waals surface area contributed by atoms with E-state index in [1.165, 1.54) is 6.42 Å². The Hall–Kier alpha value is -3.07. The van der Waals surface area contributed by atoms with Gasteiger partial charge in [0.15, 0.2) is 11.6 Å². The van der Waals surface area contributed by atoms with E-state index in [1.807, 2.05) is 17.0 Å². The molecule has 2 aliphatic rings. The zero-order valence-corrected chi connectivity index (χ0v) is 14.5. The lowest BCUT2D eigenvalue weighted by Crippen LogP contribution is -2.36. The highest BCUT2D eigenvalue weighted by Gasteiger charge is 2.25. The fourth-order valence-electron chi connectivity index (χ4n) is 3.46. The van der Waals surface area contributed by atoms with Gasteiger partial charge in [0.05, 0.1) is 23.7 Å². The minimum atomic E-state index is 0.0269. The van der Waals surface area contributed by atoms with Crippen LogP contribution in [0.4, 0.5) is 11.5 Å². The monoisotopic (exact) mass is 348 g/mol. The number of ether oxygens (including phenoxy) is 1. The number of nitriles is 1. The van der Waals surface area contributed by atoms with Gasteiger partial charge < -0.3 is 14.5 Å². The number of pyridine rings is 1. The normalized spacial score (nSPS) is 16.4. The maximum atomic E-state index is 12.7. The van der Waals surface area contributed by atoms with Crippen molar-refractivity contribution in [1.82, 2.24) is 9.88 Å². The van der Waals surface area contributed by atoms with Gasteiger partial charge in [-0.25, -0.2) is 4.98 Å². The highest BCUT2D eigenvalue weighted by atomic mass is 16.5. The lowest BCUT2D eigenvalue weighted by Gasteiger charge is -2.31. The maximum Gasteiger partial charge on any atom is 0.255 e. The van der Waals surface area contributed by atoms with Crippen LogP contribution in [-0.2, 0) is 0 Å². The van der Waals surface area contributed by atoms with Crippen molar-refractivity contribution in [3.63, 3.8) is 0 Å². The van der Waals surface area contributed by atoms with Crippen LogP contribution in [0.15, 0.2) is 36.5 Å². The molecular weight excluding hydrogens is 328 g/mol. The second kappa shape index (κ2) is 7.04. The van der Waals surface area contributed by atoms with E-state index in [1.54, 1.807) is 24.4 Å². The van der Waals surface area contributed by atoms with Crippen molar-refractivity contribution in [2.24, 2.45) is 0 Å². The molecule has 1 aromatic heterocycles. The first-order valence-electron chi connectivity index (χ1n) is 8.96. The van der Waals surface area contributed by atoms with Gasteiger partial charge in [0.25, 0.3) is 5.91 Å². The molecule has 132 valence electrons. The molecule has 1 fully saturated rings. The summed E-state index contributed by atoms with van der Waals surface area (Å²) in [6, 6.07) is 11.3.